The third kappa shape index (κ3) is 5.81. The molecule has 3 rings (SSSR count). The maximum Gasteiger partial charge on any atom is 0.416 e. The number of alkyl halides is 6. The highest BCUT2D eigenvalue weighted by Gasteiger charge is 2.31. The van der Waals surface area contributed by atoms with Crippen LogP contribution in [-0.2, 0) is 12.4 Å². The van der Waals surface area contributed by atoms with Gasteiger partial charge in [0.15, 0.2) is 11.5 Å². The third-order valence-corrected chi connectivity index (χ3v) is 4.20. The van der Waals surface area contributed by atoms with Crippen LogP contribution in [0.2, 0.25) is 0 Å². The van der Waals surface area contributed by atoms with E-state index in [9.17, 15) is 26.3 Å². The molecule has 1 aliphatic rings. The highest BCUT2D eigenvalue weighted by atomic mass is 19.4. The minimum atomic E-state index is -4.55. The van der Waals surface area contributed by atoms with Crippen molar-refractivity contribution in [2.45, 2.75) is 12.4 Å². The van der Waals surface area contributed by atoms with Crippen molar-refractivity contribution in [2.24, 2.45) is 9.98 Å². The molecule has 0 bridgehead atoms. The average molecular weight is 476 g/mol. The lowest BCUT2D eigenvalue weighted by molar-refractivity contribution is -0.138. The Morgan fingerprint density at radius 3 is 1.18 bits per heavy atom. The lowest BCUT2D eigenvalue weighted by Gasteiger charge is -2.18. The summed E-state index contributed by atoms with van der Waals surface area (Å²) in [5, 5.41) is 18.0. The van der Waals surface area contributed by atoms with Crippen LogP contribution >= 0.6 is 0 Å². The summed E-state index contributed by atoms with van der Waals surface area (Å²) in [5.41, 5.74) is -2.05. The Hall–Kier alpha value is -4.58. The van der Waals surface area contributed by atoms with Gasteiger partial charge in [-0.25, -0.2) is 0 Å². The van der Waals surface area contributed by atoms with Crippen molar-refractivity contribution in [2.75, 3.05) is 0 Å². The van der Waals surface area contributed by atoms with Crippen LogP contribution in [0.1, 0.15) is 11.1 Å². The highest BCUT2D eigenvalue weighted by molar-refractivity contribution is 6.22. The second-order valence-electron chi connectivity index (χ2n) is 6.46. The van der Waals surface area contributed by atoms with Crippen molar-refractivity contribution in [3.63, 3.8) is 0 Å². The number of allylic oxidation sites excluding steroid dienone is 2. The number of hydrogen-bond donors (Lipinski definition) is 0. The number of benzene rings is 2. The van der Waals surface area contributed by atoms with Gasteiger partial charge >= 0.3 is 12.4 Å². The normalized spacial score (nSPS) is 16.4. The van der Waals surface area contributed by atoms with Crippen LogP contribution in [0.15, 0.2) is 82.2 Å². The lowest BCUT2D eigenvalue weighted by atomic mass is 10.1. The summed E-state index contributed by atoms with van der Waals surface area (Å²) < 4.78 is 87.5. The van der Waals surface area contributed by atoms with Gasteiger partial charge in [-0.3, -0.25) is 0 Å². The number of aliphatic imine (C=N–C) groups is 2. The van der Waals surface area contributed by atoms with E-state index in [2.05, 4.69) is 9.98 Å². The standard InChI is InChI=1S/C22H10F6N4O2/c23-21(24,25)13-1-5-15(6-2-13)33-19-9-18(32-12-30)20(10-17(19)31-11-29)34-16-7-3-14(4-8-16)22(26,27)28/h1-10H. The molecule has 1 aliphatic carbocycles. The molecule has 34 heavy (non-hydrogen) atoms. The molecular weight excluding hydrogens is 466 g/mol. The van der Waals surface area contributed by atoms with Crippen LogP contribution in [0.4, 0.5) is 26.3 Å². The van der Waals surface area contributed by atoms with Gasteiger partial charge in [0.25, 0.3) is 0 Å². The minimum Gasteiger partial charge on any atom is -0.455 e. The smallest absolute Gasteiger partial charge is 0.416 e. The van der Waals surface area contributed by atoms with Gasteiger partial charge in [0.2, 0.25) is 12.4 Å². The molecule has 0 N–H and O–H groups in total. The Labute approximate surface area is 188 Å². The first-order valence-electron chi connectivity index (χ1n) is 9.09. The molecule has 0 amide bonds. The second-order valence-corrected chi connectivity index (χ2v) is 6.46. The van der Waals surface area contributed by atoms with Gasteiger partial charge in [-0.1, -0.05) is 0 Å². The molecule has 0 spiro atoms. The SMILES string of the molecule is N#CN=C1C=C(Oc2ccc(C(F)(F)F)cc2)C(=NC#N)C=C1Oc1ccc(C(F)(F)F)cc1. The van der Waals surface area contributed by atoms with E-state index in [0.717, 1.165) is 60.7 Å². The maximum absolute atomic E-state index is 12.7. The fourth-order valence-electron chi connectivity index (χ4n) is 2.66. The monoisotopic (exact) mass is 476 g/mol. The molecule has 6 nitrogen and oxygen atoms in total. The van der Waals surface area contributed by atoms with Crippen molar-refractivity contribution in [1.29, 1.82) is 10.5 Å². The Morgan fingerprint density at radius 2 is 0.912 bits per heavy atom. The fourth-order valence-corrected chi connectivity index (χ4v) is 2.66. The maximum atomic E-state index is 12.7. The molecule has 0 atom stereocenters. The Balaban J connectivity index is 1.90. The summed E-state index contributed by atoms with van der Waals surface area (Å²) in [5.74, 6) is -0.312. The zero-order valence-corrected chi connectivity index (χ0v) is 16.6. The summed E-state index contributed by atoms with van der Waals surface area (Å²) >= 11 is 0. The van der Waals surface area contributed by atoms with Crippen molar-refractivity contribution >= 4 is 11.4 Å². The van der Waals surface area contributed by atoms with E-state index in [1.54, 1.807) is 0 Å². The molecule has 0 saturated heterocycles. The molecular formula is C22H10F6N4O2. The molecule has 0 fully saturated rings. The predicted molar refractivity (Wildman–Crippen MR) is 106 cm³/mol. The average Bonchev–Trinajstić information content (AvgIpc) is 2.76. The number of nitrogens with zero attached hydrogens (tertiary/aromatic N) is 4. The Morgan fingerprint density at radius 1 is 0.588 bits per heavy atom. The summed E-state index contributed by atoms with van der Waals surface area (Å²) in [6, 6.07) is 7.36. The first-order chi connectivity index (χ1) is 16.0. The predicted octanol–water partition coefficient (Wildman–Crippen LogP) is 5.81. The van der Waals surface area contributed by atoms with Crippen LogP contribution in [0.5, 0.6) is 11.5 Å². The zero-order chi connectivity index (χ0) is 24.9. The van der Waals surface area contributed by atoms with Gasteiger partial charge in [0.05, 0.1) is 11.1 Å². The van der Waals surface area contributed by atoms with E-state index in [1.165, 1.54) is 12.4 Å². The van der Waals surface area contributed by atoms with Crippen molar-refractivity contribution in [3.8, 4) is 23.9 Å². The van der Waals surface area contributed by atoms with E-state index in [4.69, 9.17) is 20.0 Å². The highest BCUT2D eigenvalue weighted by Crippen LogP contribution is 2.32. The summed E-state index contributed by atoms with van der Waals surface area (Å²) in [4.78, 5) is 7.11. The van der Waals surface area contributed by atoms with Gasteiger partial charge in [-0.15, -0.1) is 0 Å². The molecule has 0 aliphatic heterocycles. The number of halogens is 6. The van der Waals surface area contributed by atoms with E-state index in [0.29, 0.717) is 0 Å². The van der Waals surface area contributed by atoms with E-state index < -0.39 is 23.5 Å². The van der Waals surface area contributed by atoms with Crippen LogP contribution < -0.4 is 9.47 Å². The zero-order valence-electron chi connectivity index (χ0n) is 16.6. The molecule has 172 valence electrons. The topological polar surface area (TPSA) is 90.8 Å². The lowest BCUT2D eigenvalue weighted by Crippen LogP contribution is -2.20. The van der Waals surface area contributed by atoms with E-state index >= 15 is 0 Å². The summed E-state index contributed by atoms with van der Waals surface area (Å²) in [6.07, 6.45) is -3.74. The van der Waals surface area contributed by atoms with Crippen molar-refractivity contribution in [1.82, 2.24) is 0 Å². The Bertz CT molecular complexity index is 1170. The van der Waals surface area contributed by atoms with Crippen LogP contribution in [-0.4, -0.2) is 11.4 Å². The molecule has 0 radical (unpaired) electrons. The first kappa shape index (κ1) is 24.1. The number of ether oxygens (including phenoxy) is 2. The summed E-state index contributed by atoms with van der Waals surface area (Å²) in [6.45, 7) is 0. The molecule has 2 aromatic rings. The molecule has 12 heteroatoms. The first-order valence-corrected chi connectivity index (χ1v) is 9.09. The largest absolute Gasteiger partial charge is 0.455 e. The van der Waals surface area contributed by atoms with Gasteiger partial charge in [0.1, 0.15) is 22.9 Å². The van der Waals surface area contributed by atoms with Gasteiger partial charge in [0, 0.05) is 12.2 Å². The van der Waals surface area contributed by atoms with E-state index in [1.807, 2.05) is 0 Å². The summed E-state index contributed by atoms with van der Waals surface area (Å²) in [7, 11) is 0. The van der Waals surface area contributed by atoms with Crippen LogP contribution in [0.25, 0.3) is 0 Å². The molecule has 0 saturated carbocycles. The number of nitriles is 2. The van der Waals surface area contributed by atoms with Gasteiger partial charge in [-0.05, 0) is 48.5 Å². The quantitative estimate of drug-likeness (QED) is 0.317. The molecule has 0 heterocycles. The van der Waals surface area contributed by atoms with Crippen LogP contribution in [0.3, 0.4) is 0 Å². The molecule has 0 unspecified atom stereocenters. The minimum absolute atomic E-state index is 0.0262. The fraction of sp³-hybridized carbons (Fsp3) is 0.0909. The van der Waals surface area contributed by atoms with Gasteiger partial charge < -0.3 is 9.47 Å². The molecule has 2 aromatic carbocycles. The third-order valence-electron chi connectivity index (χ3n) is 4.20. The molecule has 0 aromatic heterocycles. The van der Waals surface area contributed by atoms with Crippen LogP contribution in [0, 0.1) is 22.9 Å². The number of hydrogen-bond acceptors (Lipinski definition) is 6. The van der Waals surface area contributed by atoms with Crippen molar-refractivity contribution in [3.05, 3.63) is 83.3 Å². The second kappa shape index (κ2) is 9.50. The number of rotatable bonds is 4. The van der Waals surface area contributed by atoms with Crippen molar-refractivity contribution < 1.29 is 35.8 Å². The Kier molecular flexibility index (Phi) is 6.73. The van der Waals surface area contributed by atoms with Gasteiger partial charge in [-0.2, -0.15) is 46.9 Å². The van der Waals surface area contributed by atoms with E-state index in [-0.39, 0.29) is 34.4 Å².